The van der Waals surface area contributed by atoms with Crippen LogP contribution >= 0.6 is 0 Å². The molecule has 0 bridgehead atoms. The molecule has 1 aliphatic carbocycles. The van der Waals surface area contributed by atoms with Crippen LogP contribution in [0.4, 0.5) is 5.69 Å². The van der Waals surface area contributed by atoms with Gasteiger partial charge in [-0.2, -0.15) is 0 Å². The molecule has 1 amide bonds. The summed E-state index contributed by atoms with van der Waals surface area (Å²) in [6.07, 6.45) is 7.43. The first-order chi connectivity index (χ1) is 23.8. The molecule has 4 aliphatic rings. The number of ketones is 1. The molecular formula is C40H47N3O6. The van der Waals surface area contributed by atoms with Crippen molar-refractivity contribution in [2.45, 2.75) is 50.0 Å². The molecule has 0 N–H and O–H groups in total. The number of carbonyl (C=O) groups is 2. The first-order valence-electron chi connectivity index (χ1n) is 17.4. The van der Waals surface area contributed by atoms with Crippen LogP contribution in [-0.2, 0) is 15.1 Å². The molecule has 9 heteroatoms. The van der Waals surface area contributed by atoms with Crippen LogP contribution in [0.2, 0.25) is 0 Å². The minimum absolute atomic E-state index is 0.00883. The predicted molar refractivity (Wildman–Crippen MR) is 190 cm³/mol. The van der Waals surface area contributed by atoms with Gasteiger partial charge in [0.15, 0.2) is 28.8 Å². The number of allylic oxidation sites excluding steroid dienone is 1. The third-order valence-corrected chi connectivity index (χ3v) is 11.5. The Hall–Kier alpha value is -4.34. The summed E-state index contributed by atoms with van der Waals surface area (Å²) in [6, 6.07) is 19.8. The maximum absolute atomic E-state index is 15.7. The molecule has 2 saturated heterocycles. The molecule has 1 saturated carbocycles. The highest BCUT2D eigenvalue weighted by Gasteiger charge is 2.75. The van der Waals surface area contributed by atoms with Gasteiger partial charge in [0, 0.05) is 18.0 Å². The normalized spacial score (nSPS) is 26.5. The van der Waals surface area contributed by atoms with Crippen molar-refractivity contribution in [3.63, 3.8) is 0 Å². The number of fused-ring (bicyclic) bond motifs is 3. The molecule has 2 spiro atoms. The van der Waals surface area contributed by atoms with Crippen molar-refractivity contribution in [3.05, 3.63) is 82.9 Å². The number of likely N-dealkylation sites (N-methyl/N-ethyl adjacent to an activating group) is 1. The topological polar surface area (TPSA) is 80.8 Å². The van der Waals surface area contributed by atoms with E-state index >= 15 is 9.59 Å². The van der Waals surface area contributed by atoms with Crippen molar-refractivity contribution in [1.29, 1.82) is 0 Å². The lowest BCUT2D eigenvalue weighted by molar-refractivity contribution is -0.146. The van der Waals surface area contributed by atoms with E-state index in [0.29, 0.717) is 49.1 Å². The maximum atomic E-state index is 15.7. The van der Waals surface area contributed by atoms with Crippen molar-refractivity contribution in [2.75, 3.05) is 66.7 Å². The van der Waals surface area contributed by atoms with Gasteiger partial charge in [-0.15, -0.1) is 0 Å². The van der Waals surface area contributed by atoms with Gasteiger partial charge in [0.1, 0.15) is 5.54 Å². The zero-order valence-corrected chi connectivity index (χ0v) is 29.3. The number of hydrogen-bond donors (Lipinski definition) is 0. The van der Waals surface area contributed by atoms with Crippen molar-refractivity contribution >= 4 is 23.5 Å². The maximum Gasteiger partial charge on any atom is 0.254 e. The number of ether oxygens (including phenoxy) is 4. The van der Waals surface area contributed by atoms with Crippen molar-refractivity contribution in [1.82, 2.24) is 9.80 Å². The summed E-state index contributed by atoms with van der Waals surface area (Å²) in [6.45, 7) is 2.98. The van der Waals surface area contributed by atoms with Crippen molar-refractivity contribution in [3.8, 4) is 23.0 Å². The summed E-state index contributed by atoms with van der Waals surface area (Å²) in [5.74, 6) is 2.19. The van der Waals surface area contributed by atoms with Gasteiger partial charge in [0.25, 0.3) is 5.91 Å². The van der Waals surface area contributed by atoms with Gasteiger partial charge < -0.3 is 18.9 Å². The lowest BCUT2D eigenvalue weighted by atomic mass is 9.53. The molecule has 3 aromatic carbocycles. The Morgan fingerprint density at radius 2 is 1.47 bits per heavy atom. The van der Waals surface area contributed by atoms with E-state index in [2.05, 4.69) is 21.9 Å². The van der Waals surface area contributed by atoms with Gasteiger partial charge in [-0.3, -0.25) is 24.3 Å². The smallest absolute Gasteiger partial charge is 0.254 e. The summed E-state index contributed by atoms with van der Waals surface area (Å²) < 4.78 is 22.4. The largest absolute Gasteiger partial charge is 0.493 e. The van der Waals surface area contributed by atoms with Crippen molar-refractivity contribution < 1.29 is 28.5 Å². The van der Waals surface area contributed by atoms with Gasteiger partial charge in [0.05, 0.1) is 46.2 Å². The number of piperidine rings is 1. The van der Waals surface area contributed by atoms with E-state index in [1.54, 1.807) is 28.4 Å². The van der Waals surface area contributed by atoms with Crippen LogP contribution in [0.25, 0.3) is 6.08 Å². The molecule has 7 rings (SSSR count). The number of Topliss-reactive ketones (excluding diaryl/α,β-unsaturated/α-hetero) is 1. The molecule has 3 fully saturated rings. The Bertz CT molecular complexity index is 1780. The zero-order chi connectivity index (χ0) is 34.3. The number of likely N-dealkylation sites (tertiary alicyclic amines) is 2. The van der Waals surface area contributed by atoms with Crippen LogP contribution in [0, 0.1) is 5.41 Å². The molecular weight excluding hydrogens is 618 g/mol. The molecule has 3 aromatic rings. The van der Waals surface area contributed by atoms with E-state index < -0.39 is 11.0 Å². The zero-order valence-electron chi connectivity index (χ0n) is 29.3. The van der Waals surface area contributed by atoms with Crippen LogP contribution in [0.3, 0.4) is 0 Å². The number of amides is 1. The number of methoxy groups -OCH3 is 4. The number of carbonyl (C=O) groups excluding carboxylic acids is 2. The highest BCUT2D eigenvalue weighted by Crippen LogP contribution is 2.67. The highest BCUT2D eigenvalue weighted by atomic mass is 16.5. The van der Waals surface area contributed by atoms with E-state index in [9.17, 15) is 0 Å². The van der Waals surface area contributed by atoms with Gasteiger partial charge in [0.2, 0.25) is 0 Å². The summed E-state index contributed by atoms with van der Waals surface area (Å²) in [7, 11) is 8.50. The second kappa shape index (κ2) is 13.2. The Morgan fingerprint density at radius 3 is 2.18 bits per heavy atom. The molecule has 258 valence electrons. The number of benzene rings is 3. The lowest BCUT2D eigenvalue weighted by Crippen LogP contribution is -2.62. The first-order valence-corrected chi connectivity index (χ1v) is 17.4. The van der Waals surface area contributed by atoms with Gasteiger partial charge >= 0.3 is 0 Å². The molecule has 3 aliphatic heterocycles. The van der Waals surface area contributed by atoms with Crippen LogP contribution < -0.4 is 23.8 Å². The average molecular weight is 666 g/mol. The van der Waals surface area contributed by atoms with Crippen LogP contribution in [-0.4, -0.2) is 83.3 Å². The summed E-state index contributed by atoms with van der Waals surface area (Å²) in [5, 5.41) is 0. The number of nitrogens with zero attached hydrogens (tertiary/aromatic N) is 3. The first kappa shape index (κ1) is 33.2. The molecule has 0 radical (unpaired) electrons. The van der Waals surface area contributed by atoms with Gasteiger partial charge in [-0.25, -0.2) is 0 Å². The second-order valence-corrected chi connectivity index (χ2v) is 13.8. The average Bonchev–Trinajstić information content (AvgIpc) is 3.55. The third-order valence-electron chi connectivity index (χ3n) is 11.5. The van der Waals surface area contributed by atoms with Crippen LogP contribution in [0.15, 0.2) is 66.2 Å². The summed E-state index contributed by atoms with van der Waals surface area (Å²) in [4.78, 5) is 37.7. The fourth-order valence-corrected chi connectivity index (χ4v) is 9.33. The van der Waals surface area contributed by atoms with Gasteiger partial charge in [-0.1, -0.05) is 36.8 Å². The molecule has 3 heterocycles. The second-order valence-electron chi connectivity index (χ2n) is 13.8. The van der Waals surface area contributed by atoms with E-state index in [0.717, 1.165) is 60.3 Å². The third kappa shape index (κ3) is 5.04. The number of para-hydroxylation sites is 1. The summed E-state index contributed by atoms with van der Waals surface area (Å²) in [5.41, 5.74) is 2.09. The number of rotatable bonds is 8. The van der Waals surface area contributed by atoms with E-state index in [-0.39, 0.29) is 17.6 Å². The molecule has 9 nitrogen and oxygen atoms in total. The SMILES string of the molecule is COc1ccc(/C=C2\CCC[C@]3(C2=O)[C@H](c2ccc(OC)c(OC)c2)CN(C)[C@]32C(=O)N(CN3CCCCC3)c3ccccc32)cc1OC. The Balaban J connectivity index is 1.43. The Kier molecular flexibility index (Phi) is 8.92. The fraction of sp³-hybridized carbons (Fsp3) is 0.450. The van der Waals surface area contributed by atoms with E-state index in [1.807, 2.05) is 66.6 Å². The Labute approximate surface area is 289 Å². The molecule has 3 atom stereocenters. The standard InChI is InChI=1S/C40H47N3O6/c1-41-25-31(28-16-18-34(47-3)36(24-28)49-5)39(19-11-12-29(37(39)44)22-27-15-17-33(46-2)35(23-27)48-4)40(41)30-13-7-8-14-32(30)43(38(40)45)26-42-20-9-6-10-21-42/h7-8,13-18,22-24,31H,6,9-12,19-21,25-26H2,1-5H3/b29-22+/t31-,39+,40+/m0/s1. The fourth-order valence-electron chi connectivity index (χ4n) is 9.33. The predicted octanol–water partition coefficient (Wildman–Crippen LogP) is 6.26. The number of anilines is 1. The summed E-state index contributed by atoms with van der Waals surface area (Å²) >= 11 is 0. The molecule has 49 heavy (non-hydrogen) atoms. The van der Waals surface area contributed by atoms with Crippen LogP contribution in [0.1, 0.15) is 61.1 Å². The molecule has 0 aromatic heterocycles. The van der Waals surface area contributed by atoms with E-state index in [1.165, 1.54) is 6.42 Å². The van der Waals surface area contributed by atoms with Gasteiger partial charge in [-0.05, 0) is 105 Å². The van der Waals surface area contributed by atoms with E-state index in [4.69, 9.17) is 18.9 Å². The Morgan fingerprint density at radius 1 is 0.796 bits per heavy atom. The van der Waals surface area contributed by atoms with Crippen molar-refractivity contribution in [2.24, 2.45) is 5.41 Å². The molecule has 0 unspecified atom stereocenters. The highest BCUT2D eigenvalue weighted by molar-refractivity contribution is 6.16. The van der Waals surface area contributed by atoms with Crippen LogP contribution in [0.5, 0.6) is 23.0 Å². The lowest BCUT2D eigenvalue weighted by Gasteiger charge is -2.49. The number of hydrogen-bond acceptors (Lipinski definition) is 8. The monoisotopic (exact) mass is 665 g/mol. The minimum Gasteiger partial charge on any atom is -0.493 e. The quantitative estimate of drug-likeness (QED) is 0.261. The minimum atomic E-state index is -1.19.